The van der Waals surface area contributed by atoms with Gasteiger partial charge in [-0.15, -0.1) is 0 Å². The van der Waals surface area contributed by atoms with E-state index in [0.29, 0.717) is 22.3 Å². The zero-order valence-corrected chi connectivity index (χ0v) is 16.7. The number of rotatable bonds is 3. The summed E-state index contributed by atoms with van der Waals surface area (Å²) >= 11 is 7.67. The molecule has 0 N–H and O–H groups in total. The minimum Gasteiger partial charge on any atom is -0.342 e. The molecular formula is C19H17ClN2O3S2. The first kappa shape index (κ1) is 18.5. The molecule has 8 heteroatoms. The molecule has 27 heavy (non-hydrogen) atoms. The van der Waals surface area contributed by atoms with Gasteiger partial charge < -0.3 is 4.90 Å². The zero-order chi connectivity index (χ0) is 19.0. The number of aliphatic imine (C=N–C) groups is 1. The Morgan fingerprint density at radius 3 is 2.56 bits per heavy atom. The molecule has 1 amide bonds. The van der Waals surface area contributed by atoms with E-state index in [1.54, 1.807) is 30.3 Å². The fraction of sp³-hybridized carbons (Fsp3) is 0.263. The molecule has 2 aliphatic rings. The maximum Gasteiger partial charge on any atom is 0.279 e. The van der Waals surface area contributed by atoms with Crippen molar-refractivity contribution < 1.29 is 13.2 Å². The summed E-state index contributed by atoms with van der Waals surface area (Å²) in [6.07, 6.45) is 0. The molecular weight excluding hydrogens is 404 g/mol. The molecule has 0 spiro atoms. The van der Waals surface area contributed by atoms with Crippen molar-refractivity contribution in [2.45, 2.75) is 17.8 Å². The number of nitrogens with zero attached hydrogens (tertiary/aromatic N) is 2. The lowest BCUT2D eigenvalue weighted by atomic mass is 10.1. The van der Waals surface area contributed by atoms with Crippen LogP contribution in [0.25, 0.3) is 0 Å². The molecule has 2 atom stereocenters. The first-order valence-electron chi connectivity index (χ1n) is 8.48. The van der Waals surface area contributed by atoms with Gasteiger partial charge in [-0.05, 0) is 23.8 Å². The molecule has 0 saturated carbocycles. The summed E-state index contributed by atoms with van der Waals surface area (Å²) in [5, 5.41) is 1.06. The third-order valence-corrected chi connectivity index (χ3v) is 8.31. The highest BCUT2D eigenvalue weighted by Gasteiger charge is 2.48. The number of fused-ring (bicyclic) bond motifs is 1. The SMILES string of the molecule is O=C(N=C1SC2CS(=O)(=O)CC2N1Cc1ccccc1Cl)c1ccccc1. The molecule has 2 heterocycles. The first-order valence-corrected chi connectivity index (χ1v) is 11.6. The molecule has 4 rings (SSSR count). The Balaban J connectivity index is 1.67. The van der Waals surface area contributed by atoms with Gasteiger partial charge in [0.25, 0.3) is 5.91 Å². The van der Waals surface area contributed by atoms with Gasteiger partial charge in [0.1, 0.15) is 0 Å². The molecule has 0 bridgehead atoms. The summed E-state index contributed by atoms with van der Waals surface area (Å²) < 4.78 is 24.2. The summed E-state index contributed by atoms with van der Waals surface area (Å²) in [5.41, 5.74) is 1.39. The lowest BCUT2D eigenvalue weighted by Crippen LogP contribution is -2.37. The van der Waals surface area contributed by atoms with Gasteiger partial charge in [-0.1, -0.05) is 59.8 Å². The summed E-state index contributed by atoms with van der Waals surface area (Å²) in [4.78, 5) is 18.8. The monoisotopic (exact) mass is 420 g/mol. The third kappa shape index (κ3) is 3.90. The topological polar surface area (TPSA) is 66.8 Å². The quantitative estimate of drug-likeness (QED) is 0.762. The lowest BCUT2D eigenvalue weighted by Gasteiger charge is -2.25. The Morgan fingerprint density at radius 1 is 1.11 bits per heavy atom. The van der Waals surface area contributed by atoms with Crippen molar-refractivity contribution in [1.82, 2.24) is 4.90 Å². The molecule has 2 fully saturated rings. The van der Waals surface area contributed by atoms with Crippen molar-refractivity contribution in [3.05, 3.63) is 70.7 Å². The van der Waals surface area contributed by atoms with E-state index in [2.05, 4.69) is 4.99 Å². The molecule has 2 aliphatic heterocycles. The van der Waals surface area contributed by atoms with Crippen LogP contribution in [0.4, 0.5) is 0 Å². The maximum atomic E-state index is 12.5. The smallest absolute Gasteiger partial charge is 0.279 e. The predicted molar refractivity (Wildman–Crippen MR) is 109 cm³/mol. The highest BCUT2D eigenvalue weighted by atomic mass is 35.5. The van der Waals surface area contributed by atoms with Gasteiger partial charge in [0.2, 0.25) is 0 Å². The normalized spacial score (nSPS) is 24.9. The minimum atomic E-state index is -3.08. The Labute approximate surface area is 167 Å². The molecule has 2 aromatic rings. The molecule has 0 aromatic heterocycles. The summed E-state index contributed by atoms with van der Waals surface area (Å²) in [6.45, 7) is 0.421. The Morgan fingerprint density at radius 2 is 1.81 bits per heavy atom. The number of benzene rings is 2. The molecule has 5 nitrogen and oxygen atoms in total. The van der Waals surface area contributed by atoms with Crippen LogP contribution >= 0.6 is 23.4 Å². The van der Waals surface area contributed by atoms with Crippen LogP contribution in [0.5, 0.6) is 0 Å². The highest BCUT2D eigenvalue weighted by molar-refractivity contribution is 8.15. The second-order valence-electron chi connectivity index (χ2n) is 6.59. The van der Waals surface area contributed by atoms with Gasteiger partial charge >= 0.3 is 0 Å². The van der Waals surface area contributed by atoms with E-state index in [1.165, 1.54) is 11.8 Å². The van der Waals surface area contributed by atoms with E-state index in [1.807, 2.05) is 29.2 Å². The van der Waals surface area contributed by atoms with Gasteiger partial charge in [-0.3, -0.25) is 4.79 Å². The fourth-order valence-corrected chi connectivity index (χ4v) is 7.51. The molecule has 0 radical (unpaired) electrons. The number of thioether (sulfide) groups is 1. The number of halogens is 1. The van der Waals surface area contributed by atoms with Gasteiger partial charge in [0.15, 0.2) is 15.0 Å². The van der Waals surface area contributed by atoms with Crippen molar-refractivity contribution >= 4 is 44.3 Å². The third-order valence-electron chi connectivity index (χ3n) is 4.69. The molecule has 2 unspecified atom stereocenters. The predicted octanol–water partition coefficient (Wildman–Crippen LogP) is 3.25. The van der Waals surface area contributed by atoms with Crippen LogP contribution in [0.1, 0.15) is 15.9 Å². The van der Waals surface area contributed by atoms with Crippen molar-refractivity contribution in [2.24, 2.45) is 4.99 Å². The van der Waals surface area contributed by atoms with Crippen LogP contribution in [0.2, 0.25) is 5.02 Å². The largest absolute Gasteiger partial charge is 0.342 e. The number of hydrogen-bond acceptors (Lipinski definition) is 4. The maximum absolute atomic E-state index is 12.5. The van der Waals surface area contributed by atoms with Crippen molar-refractivity contribution in [2.75, 3.05) is 11.5 Å². The fourth-order valence-electron chi connectivity index (χ4n) is 3.36. The second-order valence-corrected chi connectivity index (χ2v) is 10.4. The highest BCUT2D eigenvalue weighted by Crippen LogP contribution is 2.39. The Kier molecular flexibility index (Phi) is 5.01. The average molecular weight is 421 g/mol. The van der Waals surface area contributed by atoms with E-state index in [0.717, 1.165) is 5.56 Å². The Bertz CT molecular complexity index is 1010. The van der Waals surface area contributed by atoms with E-state index in [9.17, 15) is 13.2 Å². The van der Waals surface area contributed by atoms with Crippen LogP contribution in [0.3, 0.4) is 0 Å². The van der Waals surface area contributed by atoms with Crippen molar-refractivity contribution in [3.8, 4) is 0 Å². The number of sulfone groups is 1. The lowest BCUT2D eigenvalue weighted by molar-refractivity contribution is 0.100. The van der Waals surface area contributed by atoms with Gasteiger partial charge in [0, 0.05) is 22.4 Å². The number of carbonyl (C=O) groups is 1. The van der Waals surface area contributed by atoms with Crippen LogP contribution in [-0.4, -0.2) is 47.2 Å². The number of hydrogen-bond donors (Lipinski definition) is 0. The molecule has 0 aliphatic carbocycles. The van der Waals surface area contributed by atoms with E-state index >= 15 is 0 Å². The van der Waals surface area contributed by atoms with Gasteiger partial charge in [0.05, 0.1) is 17.5 Å². The molecule has 2 aromatic carbocycles. The number of amidine groups is 1. The summed E-state index contributed by atoms with van der Waals surface area (Å²) in [7, 11) is -3.08. The van der Waals surface area contributed by atoms with Crippen LogP contribution in [-0.2, 0) is 16.4 Å². The number of carbonyl (C=O) groups excluding carboxylic acids is 1. The van der Waals surface area contributed by atoms with Crippen molar-refractivity contribution in [1.29, 1.82) is 0 Å². The summed E-state index contributed by atoms with van der Waals surface area (Å²) in [5.74, 6) is -0.141. The zero-order valence-electron chi connectivity index (χ0n) is 14.3. The van der Waals surface area contributed by atoms with E-state index < -0.39 is 9.84 Å². The van der Waals surface area contributed by atoms with E-state index in [4.69, 9.17) is 11.6 Å². The number of amides is 1. The Hall–Kier alpha value is -1.83. The molecule has 140 valence electrons. The van der Waals surface area contributed by atoms with Crippen LogP contribution in [0, 0.1) is 0 Å². The second kappa shape index (κ2) is 7.30. The van der Waals surface area contributed by atoms with E-state index in [-0.39, 0.29) is 28.7 Å². The van der Waals surface area contributed by atoms with Gasteiger partial charge in [-0.25, -0.2) is 8.42 Å². The first-order chi connectivity index (χ1) is 12.9. The van der Waals surface area contributed by atoms with Crippen LogP contribution in [0.15, 0.2) is 59.6 Å². The standard InChI is InChI=1S/C19H17ClN2O3S2/c20-15-9-5-4-8-14(15)10-22-16-11-27(24,25)12-17(16)26-19(22)21-18(23)13-6-2-1-3-7-13/h1-9,16-17H,10-12H2. The minimum absolute atomic E-state index is 0.0771. The van der Waals surface area contributed by atoms with Gasteiger partial charge in [-0.2, -0.15) is 4.99 Å². The molecule has 2 saturated heterocycles. The average Bonchev–Trinajstić information content (AvgIpc) is 3.10. The van der Waals surface area contributed by atoms with Crippen LogP contribution < -0.4 is 0 Å². The van der Waals surface area contributed by atoms with Crippen molar-refractivity contribution in [3.63, 3.8) is 0 Å². The summed E-state index contributed by atoms with van der Waals surface area (Å²) in [6, 6.07) is 16.1.